The molecule has 7 heteroatoms. The zero-order valence-corrected chi connectivity index (χ0v) is 16.3. The molecule has 3 N–H and O–H groups in total. The average molecular weight is 375 g/mol. The Labute approximate surface area is 165 Å². The molecule has 0 aliphatic carbocycles. The maximum Gasteiger partial charge on any atom is 0.159 e. The predicted octanol–water partition coefficient (Wildman–Crippen LogP) is 3.14. The first-order valence-corrected chi connectivity index (χ1v) is 9.47. The van der Waals surface area contributed by atoms with Crippen molar-refractivity contribution in [3.8, 4) is 0 Å². The SMILES string of the molecule is Cc1ccc(Nc2ncnc(N3CCN(c4ccccn4)CC3)c2N)cc1C. The minimum atomic E-state index is 0.576. The standard InChI is InChI=1S/C21H25N7/c1-15-6-7-17(13-16(15)2)26-20-19(22)21(25-14-24-20)28-11-9-27(10-12-28)18-5-3-4-8-23-18/h3-8,13-14H,9-12,22H2,1-2H3,(H,24,25,26). The first-order chi connectivity index (χ1) is 13.6. The summed E-state index contributed by atoms with van der Waals surface area (Å²) in [6.45, 7) is 7.61. The van der Waals surface area contributed by atoms with Crippen LogP contribution in [0.4, 0.5) is 28.8 Å². The van der Waals surface area contributed by atoms with Gasteiger partial charge in [-0.2, -0.15) is 0 Å². The summed E-state index contributed by atoms with van der Waals surface area (Å²) in [6, 6.07) is 12.2. The number of aromatic nitrogens is 3. The third-order valence-electron chi connectivity index (χ3n) is 5.19. The van der Waals surface area contributed by atoms with Gasteiger partial charge in [-0.05, 0) is 49.2 Å². The summed E-state index contributed by atoms with van der Waals surface area (Å²) in [7, 11) is 0. The summed E-state index contributed by atoms with van der Waals surface area (Å²) in [5.74, 6) is 2.43. The van der Waals surface area contributed by atoms with Crippen LogP contribution in [0.3, 0.4) is 0 Å². The van der Waals surface area contributed by atoms with Crippen LogP contribution in [0.15, 0.2) is 48.9 Å². The van der Waals surface area contributed by atoms with E-state index in [4.69, 9.17) is 5.73 Å². The molecule has 1 aromatic carbocycles. The lowest BCUT2D eigenvalue weighted by Crippen LogP contribution is -2.47. The third-order valence-corrected chi connectivity index (χ3v) is 5.19. The summed E-state index contributed by atoms with van der Waals surface area (Å²) in [4.78, 5) is 17.7. The lowest BCUT2D eigenvalue weighted by molar-refractivity contribution is 0.642. The van der Waals surface area contributed by atoms with E-state index in [1.165, 1.54) is 11.1 Å². The Kier molecular flexibility index (Phi) is 4.97. The fourth-order valence-corrected chi connectivity index (χ4v) is 3.38. The molecule has 0 amide bonds. The monoisotopic (exact) mass is 375 g/mol. The molecule has 1 aliphatic heterocycles. The maximum atomic E-state index is 6.42. The number of nitrogens with two attached hydrogens (primary N) is 1. The first kappa shape index (κ1) is 18.0. The molecule has 1 fully saturated rings. The smallest absolute Gasteiger partial charge is 0.159 e. The molecule has 0 spiro atoms. The van der Waals surface area contributed by atoms with Gasteiger partial charge in [-0.15, -0.1) is 0 Å². The van der Waals surface area contributed by atoms with Gasteiger partial charge in [0.05, 0.1) is 0 Å². The predicted molar refractivity (Wildman–Crippen MR) is 114 cm³/mol. The molecule has 0 radical (unpaired) electrons. The van der Waals surface area contributed by atoms with Crippen LogP contribution in [-0.2, 0) is 0 Å². The van der Waals surface area contributed by atoms with E-state index in [0.717, 1.165) is 43.5 Å². The van der Waals surface area contributed by atoms with Gasteiger partial charge in [0.25, 0.3) is 0 Å². The maximum absolute atomic E-state index is 6.42. The van der Waals surface area contributed by atoms with Gasteiger partial charge in [0.1, 0.15) is 17.8 Å². The number of aryl methyl sites for hydroxylation is 2. The number of pyridine rings is 1. The van der Waals surface area contributed by atoms with Gasteiger partial charge in [-0.1, -0.05) is 12.1 Å². The largest absolute Gasteiger partial charge is 0.393 e. The summed E-state index contributed by atoms with van der Waals surface area (Å²) in [5.41, 5.74) is 10.5. The average Bonchev–Trinajstić information content (AvgIpc) is 2.73. The highest BCUT2D eigenvalue weighted by Gasteiger charge is 2.22. The Morgan fingerprint density at radius 3 is 2.39 bits per heavy atom. The molecule has 3 aromatic rings. The van der Waals surface area contributed by atoms with E-state index < -0.39 is 0 Å². The van der Waals surface area contributed by atoms with Gasteiger partial charge in [-0.3, -0.25) is 0 Å². The highest BCUT2D eigenvalue weighted by molar-refractivity contribution is 5.78. The second-order valence-electron chi connectivity index (χ2n) is 7.05. The lowest BCUT2D eigenvalue weighted by atomic mass is 10.1. The summed E-state index contributed by atoms with van der Waals surface area (Å²) in [5, 5.41) is 3.33. The van der Waals surface area contributed by atoms with Crippen LogP contribution in [0.5, 0.6) is 0 Å². The number of hydrogen-bond acceptors (Lipinski definition) is 7. The van der Waals surface area contributed by atoms with Crippen molar-refractivity contribution >= 4 is 28.8 Å². The van der Waals surface area contributed by atoms with E-state index in [2.05, 4.69) is 56.0 Å². The molecule has 1 aliphatic rings. The number of nitrogens with one attached hydrogen (secondary N) is 1. The number of nitrogens with zero attached hydrogens (tertiary/aromatic N) is 5. The molecular formula is C21H25N7. The molecule has 1 saturated heterocycles. The summed E-state index contributed by atoms with van der Waals surface area (Å²) >= 11 is 0. The minimum absolute atomic E-state index is 0.576. The molecular weight excluding hydrogens is 350 g/mol. The second kappa shape index (κ2) is 7.72. The molecule has 28 heavy (non-hydrogen) atoms. The van der Waals surface area contributed by atoms with Gasteiger partial charge < -0.3 is 20.9 Å². The van der Waals surface area contributed by atoms with E-state index in [9.17, 15) is 0 Å². The number of hydrogen-bond donors (Lipinski definition) is 2. The van der Waals surface area contributed by atoms with Crippen LogP contribution in [0.2, 0.25) is 0 Å². The molecule has 3 heterocycles. The Morgan fingerprint density at radius 2 is 1.68 bits per heavy atom. The Morgan fingerprint density at radius 1 is 0.893 bits per heavy atom. The van der Waals surface area contributed by atoms with Crippen LogP contribution < -0.4 is 20.9 Å². The van der Waals surface area contributed by atoms with E-state index >= 15 is 0 Å². The Bertz CT molecular complexity index is 950. The zero-order chi connectivity index (χ0) is 19.5. The number of piperazine rings is 1. The zero-order valence-electron chi connectivity index (χ0n) is 16.3. The van der Waals surface area contributed by atoms with Crippen LogP contribution in [0, 0.1) is 13.8 Å². The van der Waals surface area contributed by atoms with E-state index in [0.29, 0.717) is 11.5 Å². The Hall–Kier alpha value is -3.35. The highest BCUT2D eigenvalue weighted by Crippen LogP contribution is 2.30. The first-order valence-electron chi connectivity index (χ1n) is 9.47. The van der Waals surface area contributed by atoms with Crippen molar-refractivity contribution in [2.24, 2.45) is 0 Å². The van der Waals surface area contributed by atoms with Crippen molar-refractivity contribution in [1.29, 1.82) is 0 Å². The lowest BCUT2D eigenvalue weighted by Gasteiger charge is -2.36. The van der Waals surface area contributed by atoms with Crippen LogP contribution in [0.25, 0.3) is 0 Å². The molecule has 2 aromatic heterocycles. The molecule has 0 atom stereocenters. The highest BCUT2D eigenvalue weighted by atomic mass is 15.3. The van der Waals surface area contributed by atoms with Crippen molar-refractivity contribution in [1.82, 2.24) is 15.0 Å². The van der Waals surface area contributed by atoms with E-state index in [1.807, 2.05) is 30.5 Å². The van der Waals surface area contributed by atoms with Gasteiger partial charge in [0.15, 0.2) is 11.6 Å². The Balaban J connectivity index is 1.49. The van der Waals surface area contributed by atoms with Crippen LogP contribution in [0.1, 0.15) is 11.1 Å². The number of nitrogen functional groups attached to an aromatic ring is 1. The summed E-state index contributed by atoms with van der Waals surface area (Å²) in [6.07, 6.45) is 3.40. The minimum Gasteiger partial charge on any atom is -0.393 e. The molecule has 7 nitrogen and oxygen atoms in total. The number of rotatable bonds is 4. The fourth-order valence-electron chi connectivity index (χ4n) is 3.38. The number of anilines is 5. The van der Waals surface area contributed by atoms with E-state index in [-0.39, 0.29) is 0 Å². The molecule has 0 bridgehead atoms. The summed E-state index contributed by atoms with van der Waals surface area (Å²) < 4.78 is 0. The van der Waals surface area contributed by atoms with Crippen molar-refractivity contribution in [2.45, 2.75) is 13.8 Å². The molecule has 0 saturated carbocycles. The van der Waals surface area contributed by atoms with Crippen molar-refractivity contribution in [3.63, 3.8) is 0 Å². The third kappa shape index (κ3) is 3.69. The van der Waals surface area contributed by atoms with Gasteiger partial charge in [-0.25, -0.2) is 15.0 Å². The topological polar surface area (TPSA) is 83.2 Å². The molecule has 4 rings (SSSR count). The van der Waals surface area contributed by atoms with Gasteiger partial charge in [0, 0.05) is 38.1 Å². The van der Waals surface area contributed by atoms with Crippen LogP contribution >= 0.6 is 0 Å². The molecule has 0 unspecified atom stereocenters. The van der Waals surface area contributed by atoms with Crippen molar-refractivity contribution in [2.75, 3.05) is 47.0 Å². The molecule has 144 valence electrons. The van der Waals surface area contributed by atoms with Gasteiger partial charge in [0.2, 0.25) is 0 Å². The normalized spacial score (nSPS) is 14.2. The fraction of sp³-hybridized carbons (Fsp3) is 0.286. The van der Waals surface area contributed by atoms with Crippen molar-refractivity contribution in [3.05, 3.63) is 60.0 Å². The number of benzene rings is 1. The van der Waals surface area contributed by atoms with E-state index in [1.54, 1.807) is 6.33 Å². The van der Waals surface area contributed by atoms with Crippen molar-refractivity contribution < 1.29 is 0 Å². The van der Waals surface area contributed by atoms with Crippen LogP contribution in [-0.4, -0.2) is 41.1 Å². The second-order valence-corrected chi connectivity index (χ2v) is 7.05. The van der Waals surface area contributed by atoms with Gasteiger partial charge >= 0.3 is 0 Å². The quantitative estimate of drug-likeness (QED) is 0.725.